The van der Waals surface area contributed by atoms with Crippen LogP contribution in [0, 0.1) is 6.92 Å². The van der Waals surface area contributed by atoms with Gasteiger partial charge in [-0.3, -0.25) is 0 Å². The first kappa shape index (κ1) is 8.27. The summed E-state index contributed by atoms with van der Waals surface area (Å²) in [4.78, 5) is 0. The van der Waals surface area contributed by atoms with E-state index in [2.05, 4.69) is 40.3 Å². The van der Waals surface area contributed by atoms with E-state index in [4.69, 9.17) is 0 Å². The molecule has 2 heteroatoms. The largest absolute Gasteiger partial charge is 0.312 e. The second kappa shape index (κ2) is 3.19. The van der Waals surface area contributed by atoms with Crippen molar-refractivity contribution in [1.82, 2.24) is 5.32 Å². The first-order valence-corrected chi connectivity index (χ1v) is 5.06. The third-order valence-corrected chi connectivity index (χ3v) is 3.51. The van der Waals surface area contributed by atoms with Gasteiger partial charge in [-0.25, -0.2) is 0 Å². The fourth-order valence-electron chi connectivity index (χ4n) is 1.64. The lowest BCUT2D eigenvalue weighted by Gasteiger charge is -2.19. The molecular formula is C10H12BrN. The van der Waals surface area contributed by atoms with Crippen LogP contribution in [-0.2, 0) is 13.0 Å². The Hall–Kier alpha value is -0.340. The molecule has 1 aromatic rings. The molecule has 64 valence electrons. The average molecular weight is 226 g/mol. The summed E-state index contributed by atoms with van der Waals surface area (Å²) >= 11 is 3.63. The van der Waals surface area contributed by atoms with Crippen molar-refractivity contribution < 1.29 is 0 Å². The SMILES string of the molecule is Cc1ccc2c(c1Br)CNCC2. The highest BCUT2D eigenvalue weighted by atomic mass is 79.9. The van der Waals surface area contributed by atoms with Gasteiger partial charge in [0.25, 0.3) is 0 Å². The van der Waals surface area contributed by atoms with Crippen LogP contribution in [0.2, 0.25) is 0 Å². The van der Waals surface area contributed by atoms with Gasteiger partial charge in [-0.15, -0.1) is 0 Å². The minimum atomic E-state index is 1.01. The molecule has 1 aliphatic heterocycles. The van der Waals surface area contributed by atoms with Crippen LogP contribution in [0.5, 0.6) is 0 Å². The Morgan fingerprint density at radius 2 is 2.25 bits per heavy atom. The lowest BCUT2D eigenvalue weighted by Crippen LogP contribution is -2.24. The zero-order valence-electron chi connectivity index (χ0n) is 7.15. The summed E-state index contributed by atoms with van der Waals surface area (Å²) in [6.45, 7) is 4.26. The topological polar surface area (TPSA) is 12.0 Å². The molecule has 0 fully saturated rings. The van der Waals surface area contributed by atoms with Gasteiger partial charge in [0.2, 0.25) is 0 Å². The molecule has 1 heterocycles. The van der Waals surface area contributed by atoms with Crippen LogP contribution in [0.25, 0.3) is 0 Å². The molecule has 1 N–H and O–H groups in total. The number of fused-ring (bicyclic) bond motifs is 1. The van der Waals surface area contributed by atoms with Crippen molar-refractivity contribution in [2.75, 3.05) is 6.54 Å². The van der Waals surface area contributed by atoms with Crippen LogP contribution >= 0.6 is 15.9 Å². The molecule has 0 spiro atoms. The third kappa shape index (κ3) is 1.29. The van der Waals surface area contributed by atoms with Gasteiger partial charge < -0.3 is 5.32 Å². The van der Waals surface area contributed by atoms with Crippen LogP contribution in [0.3, 0.4) is 0 Å². The van der Waals surface area contributed by atoms with Gasteiger partial charge in [0.1, 0.15) is 0 Å². The molecule has 1 aromatic carbocycles. The number of halogens is 1. The molecule has 0 amide bonds. The molecule has 0 saturated heterocycles. The summed E-state index contributed by atoms with van der Waals surface area (Å²) in [5.41, 5.74) is 4.27. The molecule has 12 heavy (non-hydrogen) atoms. The molecule has 1 aliphatic rings. The summed E-state index contributed by atoms with van der Waals surface area (Å²) in [6, 6.07) is 4.44. The van der Waals surface area contributed by atoms with E-state index in [1.165, 1.54) is 21.2 Å². The van der Waals surface area contributed by atoms with Gasteiger partial charge in [0, 0.05) is 11.0 Å². The van der Waals surface area contributed by atoms with Crippen molar-refractivity contribution >= 4 is 15.9 Å². The van der Waals surface area contributed by atoms with Crippen LogP contribution in [-0.4, -0.2) is 6.54 Å². The smallest absolute Gasteiger partial charge is 0.0252 e. The monoisotopic (exact) mass is 225 g/mol. The van der Waals surface area contributed by atoms with E-state index in [-0.39, 0.29) is 0 Å². The lowest BCUT2D eigenvalue weighted by atomic mass is 9.99. The lowest BCUT2D eigenvalue weighted by molar-refractivity contribution is 0.641. The number of hydrogen-bond acceptors (Lipinski definition) is 1. The van der Waals surface area contributed by atoms with Crippen LogP contribution in [0.15, 0.2) is 16.6 Å². The van der Waals surface area contributed by atoms with Crippen LogP contribution in [0.1, 0.15) is 16.7 Å². The highest BCUT2D eigenvalue weighted by Crippen LogP contribution is 2.26. The normalized spacial score (nSPS) is 15.8. The summed E-state index contributed by atoms with van der Waals surface area (Å²) in [5, 5.41) is 3.38. The van der Waals surface area contributed by atoms with Crippen molar-refractivity contribution in [3.63, 3.8) is 0 Å². The molecule has 2 rings (SSSR count). The third-order valence-electron chi connectivity index (χ3n) is 2.41. The van der Waals surface area contributed by atoms with E-state index in [1.807, 2.05) is 0 Å². The molecule has 0 unspecified atom stereocenters. The van der Waals surface area contributed by atoms with Crippen molar-refractivity contribution in [2.24, 2.45) is 0 Å². The van der Waals surface area contributed by atoms with Crippen molar-refractivity contribution in [3.05, 3.63) is 33.3 Å². The summed E-state index contributed by atoms with van der Waals surface area (Å²) in [7, 11) is 0. The average Bonchev–Trinajstić information content (AvgIpc) is 2.12. The van der Waals surface area contributed by atoms with Gasteiger partial charge in [-0.05, 0) is 36.6 Å². The van der Waals surface area contributed by atoms with Gasteiger partial charge in [0.05, 0.1) is 0 Å². The first-order valence-electron chi connectivity index (χ1n) is 4.26. The van der Waals surface area contributed by atoms with Gasteiger partial charge in [-0.2, -0.15) is 0 Å². The Bertz CT molecular complexity index is 307. The van der Waals surface area contributed by atoms with E-state index in [0.29, 0.717) is 0 Å². The Kier molecular flexibility index (Phi) is 2.20. The second-order valence-electron chi connectivity index (χ2n) is 3.26. The van der Waals surface area contributed by atoms with Gasteiger partial charge >= 0.3 is 0 Å². The minimum Gasteiger partial charge on any atom is -0.312 e. The highest BCUT2D eigenvalue weighted by Gasteiger charge is 2.12. The van der Waals surface area contributed by atoms with E-state index in [9.17, 15) is 0 Å². The minimum absolute atomic E-state index is 1.01. The summed E-state index contributed by atoms with van der Waals surface area (Å²) in [6.07, 6.45) is 1.16. The molecule has 0 radical (unpaired) electrons. The predicted octanol–water partition coefficient (Wildman–Crippen LogP) is 2.40. The van der Waals surface area contributed by atoms with E-state index in [0.717, 1.165) is 19.5 Å². The van der Waals surface area contributed by atoms with Gasteiger partial charge in [0.15, 0.2) is 0 Å². The molecule has 0 aromatic heterocycles. The molecule has 0 saturated carbocycles. The Labute approximate surface area is 81.3 Å². The summed E-state index contributed by atoms with van der Waals surface area (Å²) < 4.78 is 1.28. The van der Waals surface area contributed by atoms with Crippen molar-refractivity contribution in [2.45, 2.75) is 19.9 Å². The van der Waals surface area contributed by atoms with E-state index in [1.54, 1.807) is 0 Å². The fourth-order valence-corrected chi connectivity index (χ4v) is 2.17. The zero-order valence-corrected chi connectivity index (χ0v) is 8.74. The Morgan fingerprint density at radius 3 is 3.08 bits per heavy atom. The highest BCUT2D eigenvalue weighted by molar-refractivity contribution is 9.10. The maximum atomic E-state index is 3.63. The second-order valence-corrected chi connectivity index (χ2v) is 4.05. The van der Waals surface area contributed by atoms with Crippen molar-refractivity contribution in [3.8, 4) is 0 Å². The summed E-state index contributed by atoms with van der Waals surface area (Å²) in [5.74, 6) is 0. The number of aryl methyl sites for hydroxylation is 1. The maximum absolute atomic E-state index is 3.63. The number of benzene rings is 1. The maximum Gasteiger partial charge on any atom is 0.0252 e. The predicted molar refractivity (Wildman–Crippen MR) is 54.3 cm³/mol. The standard InChI is InChI=1S/C10H12BrN/c1-7-2-3-8-4-5-12-6-9(8)10(7)11/h2-3,12H,4-6H2,1H3. The van der Waals surface area contributed by atoms with Crippen LogP contribution < -0.4 is 5.32 Å². The quantitative estimate of drug-likeness (QED) is 0.716. The fraction of sp³-hybridized carbons (Fsp3) is 0.400. The number of hydrogen-bond donors (Lipinski definition) is 1. The Balaban J connectivity index is 2.54. The van der Waals surface area contributed by atoms with E-state index < -0.39 is 0 Å². The molecule has 0 atom stereocenters. The van der Waals surface area contributed by atoms with Crippen molar-refractivity contribution in [1.29, 1.82) is 0 Å². The molecule has 0 aliphatic carbocycles. The number of rotatable bonds is 0. The van der Waals surface area contributed by atoms with E-state index >= 15 is 0 Å². The first-order chi connectivity index (χ1) is 5.79. The zero-order chi connectivity index (χ0) is 8.55. The van der Waals surface area contributed by atoms with Gasteiger partial charge in [-0.1, -0.05) is 28.1 Å². The number of nitrogens with one attached hydrogen (secondary N) is 1. The molecule has 1 nitrogen and oxygen atoms in total. The van der Waals surface area contributed by atoms with Crippen LogP contribution in [0.4, 0.5) is 0 Å². The Morgan fingerprint density at radius 1 is 1.42 bits per heavy atom. The molecular weight excluding hydrogens is 214 g/mol. The molecule has 0 bridgehead atoms.